The number of imidazole rings is 1. The lowest BCUT2D eigenvalue weighted by atomic mass is 10.1. The summed E-state index contributed by atoms with van der Waals surface area (Å²) in [5, 5.41) is 3.32. The van der Waals surface area contributed by atoms with Gasteiger partial charge in [0.25, 0.3) is 0 Å². The van der Waals surface area contributed by atoms with Gasteiger partial charge in [-0.2, -0.15) is 0 Å². The van der Waals surface area contributed by atoms with Gasteiger partial charge in [-0.25, -0.2) is 9.37 Å². The molecular formula is C12H13FN4. The Morgan fingerprint density at radius 1 is 1.29 bits per heavy atom. The van der Waals surface area contributed by atoms with Crippen LogP contribution in [0.5, 0.6) is 0 Å². The smallest absolute Gasteiger partial charge is 0.143 e. The van der Waals surface area contributed by atoms with E-state index in [4.69, 9.17) is 0 Å². The van der Waals surface area contributed by atoms with E-state index in [1.807, 2.05) is 10.8 Å². The van der Waals surface area contributed by atoms with Gasteiger partial charge in [-0.3, -0.25) is 4.98 Å². The first-order valence-electron chi connectivity index (χ1n) is 5.68. The fourth-order valence-corrected chi connectivity index (χ4v) is 2.26. The van der Waals surface area contributed by atoms with E-state index in [-0.39, 0.29) is 5.82 Å². The Balaban J connectivity index is 2.00. The molecule has 1 saturated heterocycles. The Kier molecular flexibility index (Phi) is 2.60. The first-order chi connectivity index (χ1) is 8.34. The van der Waals surface area contributed by atoms with Crippen LogP contribution in [0.2, 0.25) is 0 Å². The number of nitrogens with zero attached hydrogens (tertiary/aromatic N) is 3. The molecule has 1 N–H and O–H groups in total. The normalized spacial score (nSPS) is 19.7. The summed E-state index contributed by atoms with van der Waals surface area (Å²) < 4.78 is 15.1. The zero-order chi connectivity index (χ0) is 11.7. The predicted molar refractivity (Wildman–Crippen MR) is 61.5 cm³/mol. The fraction of sp³-hybridized carbons (Fsp3) is 0.333. The maximum absolute atomic E-state index is 13.2. The van der Waals surface area contributed by atoms with Gasteiger partial charge in [0.2, 0.25) is 0 Å². The maximum Gasteiger partial charge on any atom is 0.143 e. The summed E-state index contributed by atoms with van der Waals surface area (Å²) in [4.78, 5) is 8.03. The minimum absolute atomic E-state index is 0.327. The summed E-state index contributed by atoms with van der Waals surface area (Å²) in [6.07, 6.45) is 7.51. The van der Waals surface area contributed by atoms with Crippen LogP contribution >= 0.6 is 0 Å². The number of nitrogens with one attached hydrogen (secondary N) is 1. The molecule has 17 heavy (non-hydrogen) atoms. The van der Waals surface area contributed by atoms with Crippen molar-refractivity contribution >= 4 is 0 Å². The molecule has 5 heteroatoms. The Morgan fingerprint density at radius 3 is 3.00 bits per heavy atom. The first-order valence-corrected chi connectivity index (χ1v) is 5.68. The van der Waals surface area contributed by atoms with Crippen LogP contribution in [-0.4, -0.2) is 27.6 Å². The van der Waals surface area contributed by atoms with E-state index in [0.29, 0.717) is 5.92 Å². The van der Waals surface area contributed by atoms with Crippen molar-refractivity contribution in [2.45, 2.75) is 12.3 Å². The van der Waals surface area contributed by atoms with Crippen LogP contribution < -0.4 is 5.32 Å². The SMILES string of the molecule is Fc1cncc(-n2cncc2C2CCNC2)c1. The van der Waals surface area contributed by atoms with Crippen molar-refractivity contribution in [2.24, 2.45) is 0 Å². The van der Waals surface area contributed by atoms with Crippen LogP contribution in [0.15, 0.2) is 31.0 Å². The third-order valence-electron chi connectivity index (χ3n) is 3.11. The van der Waals surface area contributed by atoms with Gasteiger partial charge in [0.05, 0.1) is 24.4 Å². The molecule has 0 radical (unpaired) electrons. The molecule has 0 spiro atoms. The van der Waals surface area contributed by atoms with Crippen molar-refractivity contribution < 1.29 is 4.39 Å². The minimum atomic E-state index is -0.327. The van der Waals surface area contributed by atoms with Crippen LogP contribution in [0.4, 0.5) is 4.39 Å². The summed E-state index contributed by atoms with van der Waals surface area (Å²) in [5.74, 6) is 0.118. The van der Waals surface area contributed by atoms with Gasteiger partial charge >= 0.3 is 0 Å². The third-order valence-corrected chi connectivity index (χ3v) is 3.11. The molecule has 1 aliphatic rings. The van der Waals surface area contributed by atoms with Crippen molar-refractivity contribution in [2.75, 3.05) is 13.1 Å². The van der Waals surface area contributed by atoms with Gasteiger partial charge in [-0.1, -0.05) is 0 Å². The van der Waals surface area contributed by atoms with Crippen LogP contribution in [0.3, 0.4) is 0 Å². The molecule has 1 atom stereocenters. The number of halogens is 1. The van der Waals surface area contributed by atoms with Crippen molar-refractivity contribution in [1.82, 2.24) is 19.9 Å². The quantitative estimate of drug-likeness (QED) is 0.853. The highest BCUT2D eigenvalue weighted by Crippen LogP contribution is 2.24. The highest BCUT2D eigenvalue weighted by Gasteiger charge is 2.20. The lowest BCUT2D eigenvalue weighted by Crippen LogP contribution is -2.10. The van der Waals surface area contributed by atoms with Crippen LogP contribution in [-0.2, 0) is 0 Å². The lowest BCUT2D eigenvalue weighted by Gasteiger charge is -2.12. The summed E-state index contributed by atoms with van der Waals surface area (Å²) >= 11 is 0. The number of hydrogen-bond donors (Lipinski definition) is 1. The molecule has 4 nitrogen and oxygen atoms in total. The summed E-state index contributed by atoms with van der Waals surface area (Å²) in [6, 6.07) is 1.47. The van der Waals surface area contributed by atoms with Crippen molar-refractivity contribution in [1.29, 1.82) is 0 Å². The second-order valence-electron chi connectivity index (χ2n) is 4.24. The number of hydrogen-bond acceptors (Lipinski definition) is 3. The largest absolute Gasteiger partial charge is 0.316 e. The molecule has 88 valence electrons. The van der Waals surface area contributed by atoms with Crippen molar-refractivity contribution in [3.8, 4) is 5.69 Å². The zero-order valence-electron chi connectivity index (χ0n) is 9.31. The Labute approximate surface area is 98.5 Å². The molecule has 3 rings (SSSR count). The molecule has 0 bridgehead atoms. The second-order valence-corrected chi connectivity index (χ2v) is 4.24. The van der Waals surface area contributed by atoms with E-state index in [0.717, 1.165) is 30.9 Å². The molecule has 2 aromatic rings. The standard InChI is InChI=1S/C12H13FN4/c13-10-3-11(6-15-5-10)17-8-16-7-12(17)9-1-2-14-4-9/h3,5-9,14H,1-2,4H2. The lowest BCUT2D eigenvalue weighted by molar-refractivity contribution is 0.618. The molecule has 0 saturated carbocycles. The maximum atomic E-state index is 13.2. The third kappa shape index (κ3) is 1.93. The monoisotopic (exact) mass is 232 g/mol. The van der Waals surface area contributed by atoms with Gasteiger partial charge in [-0.05, 0) is 13.0 Å². The predicted octanol–water partition coefficient (Wildman–Crippen LogP) is 1.48. The minimum Gasteiger partial charge on any atom is -0.316 e. The average molecular weight is 232 g/mol. The van der Waals surface area contributed by atoms with Gasteiger partial charge in [-0.15, -0.1) is 0 Å². The van der Waals surface area contributed by atoms with Crippen molar-refractivity contribution in [3.05, 3.63) is 42.5 Å². The summed E-state index contributed by atoms with van der Waals surface area (Å²) in [5.41, 5.74) is 1.84. The van der Waals surface area contributed by atoms with Gasteiger partial charge in [0, 0.05) is 30.4 Å². The Bertz CT molecular complexity index is 517. The second kappa shape index (κ2) is 4.25. The molecule has 1 aliphatic heterocycles. The average Bonchev–Trinajstić information content (AvgIpc) is 3.00. The summed E-state index contributed by atoms with van der Waals surface area (Å²) in [6.45, 7) is 1.98. The molecule has 0 amide bonds. The molecular weight excluding hydrogens is 219 g/mol. The number of rotatable bonds is 2. The van der Waals surface area contributed by atoms with Crippen LogP contribution in [0.25, 0.3) is 5.69 Å². The molecule has 0 aliphatic carbocycles. The molecule has 1 unspecified atom stereocenters. The van der Waals surface area contributed by atoms with Crippen molar-refractivity contribution in [3.63, 3.8) is 0 Å². The number of pyridine rings is 1. The molecule has 3 heterocycles. The Morgan fingerprint density at radius 2 is 2.24 bits per heavy atom. The highest BCUT2D eigenvalue weighted by atomic mass is 19.1. The topological polar surface area (TPSA) is 42.7 Å². The summed E-state index contributed by atoms with van der Waals surface area (Å²) in [7, 11) is 0. The van der Waals surface area contributed by atoms with Crippen LogP contribution in [0, 0.1) is 5.82 Å². The Hall–Kier alpha value is -1.75. The van der Waals surface area contributed by atoms with E-state index < -0.39 is 0 Å². The number of aromatic nitrogens is 3. The fourth-order valence-electron chi connectivity index (χ4n) is 2.26. The van der Waals surface area contributed by atoms with E-state index in [1.165, 1.54) is 12.3 Å². The highest BCUT2D eigenvalue weighted by molar-refractivity contribution is 5.32. The van der Waals surface area contributed by atoms with Gasteiger partial charge in [0.15, 0.2) is 0 Å². The van der Waals surface area contributed by atoms with E-state index in [9.17, 15) is 4.39 Å². The van der Waals surface area contributed by atoms with E-state index in [1.54, 1.807) is 12.5 Å². The van der Waals surface area contributed by atoms with Gasteiger partial charge < -0.3 is 9.88 Å². The van der Waals surface area contributed by atoms with E-state index in [2.05, 4.69) is 15.3 Å². The zero-order valence-corrected chi connectivity index (χ0v) is 9.31. The molecule has 1 fully saturated rings. The van der Waals surface area contributed by atoms with Gasteiger partial charge in [0.1, 0.15) is 5.82 Å². The molecule has 2 aromatic heterocycles. The first kappa shape index (κ1) is 10.4. The van der Waals surface area contributed by atoms with E-state index >= 15 is 0 Å². The van der Waals surface area contributed by atoms with Crippen LogP contribution in [0.1, 0.15) is 18.0 Å². The molecule has 0 aromatic carbocycles.